The molecule has 0 aromatic heterocycles. The number of nitrogens with zero attached hydrogens (tertiary/aromatic N) is 1. The lowest BCUT2D eigenvalue weighted by molar-refractivity contribution is -0.161. The van der Waals surface area contributed by atoms with Crippen LogP contribution in [0.15, 0.2) is 30.0 Å². The quantitative estimate of drug-likeness (QED) is 0.536. The second-order valence-electron chi connectivity index (χ2n) is 6.28. The third kappa shape index (κ3) is 2.85. The molecular formula is C17H19N3O5. The second kappa shape index (κ2) is 6.21. The van der Waals surface area contributed by atoms with Gasteiger partial charge in [-0.25, -0.2) is 4.79 Å². The molecule has 1 saturated heterocycles. The molecule has 1 fully saturated rings. The summed E-state index contributed by atoms with van der Waals surface area (Å²) in [7, 11) is 0. The zero-order valence-corrected chi connectivity index (χ0v) is 13.6. The molecule has 2 amide bonds. The summed E-state index contributed by atoms with van der Waals surface area (Å²) >= 11 is 0. The molecule has 0 bridgehead atoms. The third-order valence-corrected chi connectivity index (χ3v) is 4.61. The maximum atomic E-state index is 12.2. The molecule has 132 valence electrons. The highest BCUT2D eigenvalue weighted by molar-refractivity contribution is 6.06. The lowest BCUT2D eigenvalue weighted by atomic mass is 9.82. The fourth-order valence-electron chi connectivity index (χ4n) is 3.53. The number of β-lactam (4-membered cyclic amide) rings is 1. The molecule has 1 aromatic rings. The van der Waals surface area contributed by atoms with Crippen molar-refractivity contribution in [2.24, 2.45) is 11.7 Å². The monoisotopic (exact) mass is 345 g/mol. The van der Waals surface area contributed by atoms with Crippen LogP contribution in [0.2, 0.25) is 0 Å². The van der Waals surface area contributed by atoms with E-state index in [0.717, 1.165) is 0 Å². The minimum absolute atomic E-state index is 0.0361. The number of aliphatic hydroxyl groups is 1. The number of rotatable bonds is 6. The number of carbonyl (C=O) groups excluding carboxylic acids is 2. The number of nitrogens with two attached hydrogens (primary N) is 1. The molecule has 5 N–H and O–H groups in total. The van der Waals surface area contributed by atoms with Crippen molar-refractivity contribution in [3.63, 3.8) is 0 Å². The SMILES string of the molecule is C[C@@H](O)[C@H]1C(=O)N2C(C(=O)O)=C(c3cccc(NCC(N)=O)c3)C[C@H]12. The van der Waals surface area contributed by atoms with Crippen LogP contribution < -0.4 is 11.1 Å². The van der Waals surface area contributed by atoms with Crippen molar-refractivity contribution in [2.45, 2.75) is 25.5 Å². The van der Waals surface area contributed by atoms with Crippen LogP contribution in [-0.2, 0) is 14.4 Å². The fraction of sp³-hybridized carbons (Fsp3) is 0.353. The summed E-state index contributed by atoms with van der Waals surface area (Å²) in [5.74, 6) is -2.63. The van der Waals surface area contributed by atoms with Gasteiger partial charge in [0.1, 0.15) is 5.70 Å². The van der Waals surface area contributed by atoms with Gasteiger partial charge in [-0.3, -0.25) is 9.59 Å². The first-order valence-electron chi connectivity index (χ1n) is 7.91. The van der Waals surface area contributed by atoms with Crippen LogP contribution in [0.3, 0.4) is 0 Å². The van der Waals surface area contributed by atoms with Gasteiger partial charge in [-0.1, -0.05) is 12.1 Å². The molecule has 0 aliphatic carbocycles. The Kier molecular flexibility index (Phi) is 4.22. The van der Waals surface area contributed by atoms with Crippen LogP contribution >= 0.6 is 0 Å². The standard InChI is InChI=1S/C17H19N3O5/c1-8(21)14-12-6-11(15(17(24)25)20(12)16(14)23)9-3-2-4-10(5-9)19-7-13(18)22/h2-5,8,12,14,19,21H,6-7H2,1H3,(H2,18,22)(H,24,25)/t8-,12-,14-/m1/s1. The molecule has 3 atom stereocenters. The molecule has 2 aliphatic rings. The molecule has 1 aromatic carbocycles. The highest BCUT2D eigenvalue weighted by Crippen LogP contribution is 2.47. The molecule has 0 saturated carbocycles. The topological polar surface area (TPSA) is 133 Å². The van der Waals surface area contributed by atoms with Gasteiger partial charge in [0.2, 0.25) is 11.8 Å². The number of nitrogens with one attached hydrogen (secondary N) is 1. The van der Waals surface area contributed by atoms with Gasteiger partial charge in [0.15, 0.2) is 0 Å². The number of carbonyl (C=O) groups is 3. The highest BCUT2D eigenvalue weighted by Gasteiger charge is 2.56. The van der Waals surface area contributed by atoms with Gasteiger partial charge >= 0.3 is 5.97 Å². The predicted octanol–water partition coefficient (Wildman–Crippen LogP) is -0.00900. The summed E-state index contributed by atoms with van der Waals surface area (Å²) in [4.78, 5) is 36.1. The van der Waals surface area contributed by atoms with E-state index >= 15 is 0 Å². The highest BCUT2D eigenvalue weighted by atomic mass is 16.4. The number of fused-ring (bicyclic) bond motifs is 1. The maximum Gasteiger partial charge on any atom is 0.352 e. The van der Waals surface area contributed by atoms with E-state index in [1.54, 1.807) is 24.3 Å². The Morgan fingerprint density at radius 1 is 1.44 bits per heavy atom. The van der Waals surface area contributed by atoms with E-state index in [1.165, 1.54) is 11.8 Å². The number of carboxylic acid groups (broad SMARTS) is 1. The smallest absolute Gasteiger partial charge is 0.352 e. The lowest BCUT2D eigenvalue weighted by Gasteiger charge is -2.44. The molecule has 2 aliphatic heterocycles. The van der Waals surface area contributed by atoms with Crippen molar-refractivity contribution in [2.75, 3.05) is 11.9 Å². The van der Waals surface area contributed by atoms with Gasteiger partial charge in [-0.2, -0.15) is 0 Å². The number of primary amides is 1. The first-order chi connectivity index (χ1) is 11.8. The molecule has 8 nitrogen and oxygen atoms in total. The van der Waals surface area contributed by atoms with Crippen LogP contribution in [0.1, 0.15) is 18.9 Å². The van der Waals surface area contributed by atoms with Crippen LogP contribution in [0.4, 0.5) is 5.69 Å². The Morgan fingerprint density at radius 3 is 2.76 bits per heavy atom. The molecule has 0 radical (unpaired) electrons. The third-order valence-electron chi connectivity index (χ3n) is 4.61. The summed E-state index contributed by atoms with van der Waals surface area (Å²) < 4.78 is 0. The summed E-state index contributed by atoms with van der Waals surface area (Å²) in [5, 5.41) is 22.2. The molecule has 2 heterocycles. The Labute approximate surface area is 143 Å². The van der Waals surface area contributed by atoms with Gasteiger partial charge in [0.05, 0.1) is 24.6 Å². The molecule has 25 heavy (non-hydrogen) atoms. The Morgan fingerprint density at radius 2 is 2.16 bits per heavy atom. The predicted molar refractivity (Wildman–Crippen MR) is 89.1 cm³/mol. The first-order valence-corrected chi connectivity index (χ1v) is 7.91. The molecule has 8 heteroatoms. The van der Waals surface area contributed by atoms with Gasteiger partial charge in [-0.15, -0.1) is 0 Å². The van der Waals surface area contributed by atoms with Crippen LogP contribution in [0, 0.1) is 5.92 Å². The largest absolute Gasteiger partial charge is 0.477 e. The minimum atomic E-state index is -1.18. The van der Waals surface area contributed by atoms with Gasteiger partial charge in [0, 0.05) is 5.69 Å². The summed E-state index contributed by atoms with van der Waals surface area (Å²) in [6, 6.07) is 6.60. The van der Waals surface area contributed by atoms with Crippen LogP contribution in [0.25, 0.3) is 5.57 Å². The zero-order valence-electron chi connectivity index (χ0n) is 13.6. The minimum Gasteiger partial charge on any atom is -0.477 e. The zero-order chi connectivity index (χ0) is 18.3. The lowest BCUT2D eigenvalue weighted by Crippen LogP contribution is -2.61. The fourth-order valence-corrected chi connectivity index (χ4v) is 3.53. The van der Waals surface area contributed by atoms with Crippen molar-refractivity contribution in [3.8, 4) is 0 Å². The van der Waals surface area contributed by atoms with Gasteiger partial charge < -0.3 is 26.2 Å². The number of carboxylic acids is 1. The summed E-state index contributed by atoms with van der Waals surface area (Å²) in [5.41, 5.74) is 6.88. The van der Waals surface area contributed by atoms with Gasteiger partial charge in [-0.05, 0) is 36.6 Å². The van der Waals surface area contributed by atoms with Crippen molar-refractivity contribution in [1.82, 2.24) is 4.90 Å². The molecule has 0 unspecified atom stereocenters. The number of hydrogen-bond donors (Lipinski definition) is 4. The van der Waals surface area contributed by atoms with Crippen molar-refractivity contribution < 1.29 is 24.6 Å². The Balaban J connectivity index is 1.94. The van der Waals surface area contributed by atoms with Crippen molar-refractivity contribution in [3.05, 3.63) is 35.5 Å². The number of aliphatic carboxylic acids is 1. The average molecular weight is 345 g/mol. The van der Waals surface area contributed by atoms with E-state index < -0.39 is 23.9 Å². The van der Waals surface area contributed by atoms with Gasteiger partial charge in [0.25, 0.3) is 0 Å². The first kappa shape index (κ1) is 17.0. The number of aliphatic hydroxyl groups excluding tert-OH is 1. The maximum absolute atomic E-state index is 12.2. The number of amides is 2. The van der Waals surface area contributed by atoms with E-state index in [9.17, 15) is 24.6 Å². The Hall–Kier alpha value is -2.87. The normalized spacial score (nSPS) is 23.1. The van der Waals surface area contributed by atoms with Crippen molar-refractivity contribution in [1.29, 1.82) is 0 Å². The average Bonchev–Trinajstić information content (AvgIpc) is 2.88. The summed E-state index contributed by atoms with van der Waals surface area (Å²) in [6.45, 7) is 1.50. The number of hydrogen-bond acceptors (Lipinski definition) is 5. The molecular weight excluding hydrogens is 326 g/mol. The Bertz CT molecular complexity index is 786. The second-order valence-corrected chi connectivity index (χ2v) is 6.28. The molecule has 0 spiro atoms. The van der Waals surface area contributed by atoms with Crippen LogP contribution in [-0.4, -0.2) is 51.6 Å². The number of anilines is 1. The van der Waals surface area contributed by atoms with E-state index in [0.29, 0.717) is 23.2 Å². The van der Waals surface area contributed by atoms with E-state index in [4.69, 9.17) is 5.73 Å². The number of benzene rings is 1. The summed E-state index contributed by atoms with van der Waals surface area (Å²) in [6.07, 6.45) is -0.464. The molecule has 3 rings (SSSR count). The van der Waals surface area contributed by atoms with Crippen molar-refractivity contribution >= 4 is 29.0 Å². The van der Waals surface area contributed by atoms with E-state index in [1.807, 2.05) is 0 Å². The van der Waals surface area contributed by atoms with Crippen LogP contribution in [0.5, 0.6) is 0 Å². The van der Waals surface area contributed by atoms with E-state index in [2.05, 4.69) is 5.32 Å². The van der Waals surface area contributed by atoms with E-state index in [-0.39, 0.29) is 24.2 Å².